The van der Waals surface area contributed by atoms with Gasteiger partial charge in [0.2, 0.25) is 0 Å². The van der Waals surface area contributed by atoms with Crippen LogP contribution in [0.4, 0.5) is 0 Å². The fourth-order valence-corrected chi connectivity index (χ4v) is 2.76. The molecule has 9 heteroatoms. The van der Waals surface area contributed by atoms with Gasteiger partial charge in [0, 0.05) is 11.8 Å². The molecule has 4 rings (SSSR count). The lowest BCUT2D eigenvalue weighted by Crippen LogP contribution is -2.23. The molecule has 2 heterocycles. The summed E-state index contributed by atoms with van der Waals surface area (Å²) >= 11 is 0. The molecule has 2 aromatic carbocycles. The molecule has 2 aromatic heterocycles. The molecule has 0 aliphatic carbocycles. The second-order valence-electron chi connectivity index (χ2n) is 6.20. The van der Waals surface area contributed by atoms with E-state index in [-0.39, 0.29) is 16.6 Å². The Kier molecular flexibility index (Phi) is 5.25. The topological polar surface area (TPSA) is 122 Å². The summed E-state index contributed by atoms with van der Waals surface area (Å²) in [5.74, 6) is 0.496. The monoisotopic (exact) mass is 400 g/mol. The van der Waals surface area contributed by atoms with Crippen molar-refractivity contribution < 1.29 is 9.53 Å². The van der Waals surface area contributed by atoms with Gasteiger partial charge in [-0.3, -0.25) is 9.59 Å². The number of methoxy groups -OCH3 is 1. The van der Waals surface area contributed by atoms with Gasteiger partial charge in [0.15, 0.2) is 11.5 Å². The lowest BCUT2D eigenvalue weighted by atomic mass is 10.2. The molecule has 0 spiro atoms. The molecular weight excluding hydrogens is 384 g/mol. The molecule has 0 aliphatic rings. The number of fused-ring (bicyclic) bond motifs is 1. The van der Waals surface area contributed by atoms with E-state index >= 15 is 0 Å². The molecule has 4 aromatic rings. The molecule has 1 amide bonds. The second kappa shape index (κ2) is 8.31. The van der Waals surface area contributed by atoms with Crippen LogP contribution in [-0.4, -0.2) is 39.4 Å². The molecule has 2 N–H and O–H groups in total. The lowest BCUT2D eigenvalue weighted by Gasteiger charge is -2.05. The van der Waals surface area contributed by atoms with Crippen LogP contribution in [-0.2, 0) is 0 Å². The Bertz CT molecular complexity index is 1280. The van der Waals surface area contributed by atoms with Crippen molar-refractivity contribution in [3.63, 3.8) is 0 Å². The summed E-state index contributed by atoms with van der Waals surface area (Å²) in [5, 5.41) is 10.3. The van der Waals surface area contributed by atoms with Gasteiger partial charge < -0.3 is 4.74 Å². The van der Waals surface area contributed by atoms with Gasteiger partial charge in [-0.05, 0) is 29.8 Å². The van der Waals surface area contributed by atoms with Crippen LogP contribution in [0.25, 0.3) is 22.3 Å². The van der Waals surface area contributed by atoms with Crippen molar-refractivity contribution in [2.45, 2.75) is 0 Å². The molecule has 0 unspecified atom stereocenters. The largest absolute Gasteiger partial charge is 0.497 e. The number of hydrazone groups is 1. The summed E-state index contributed by atoms with van der Waals surface area (Å²) in [6, 6.07) is 16.4. The van der Waals surface area contributed by atoms with Crippen LogP contribution in [0.3, 0.4) is 0 Å². The maximum absolute atomic E-state index is 12.5. The Morgan fingerprint density at radius 1 is 1.13 bits per heavy atom. The van der Waals surface area contributed by atoms with Crippen LogP contribution < -0.4 is 15.7 Å². The fourth-order valence-electron chi connectivity index (χ4n) is 2.76. The molecule has 9 nitrogen and oxygen atoms in total. The number of hydrogen-bond acceptors (Lipinski definition) is 7. The van der Waals surface area contributed by atoms with Crippen molar-refractivity contribution in [1.29, 1.82) is 0 Å². The first kappa shape index (κ1) is 18.9. The number of nitrogens with one attached hydrogen (secondary N) is 2. The van der Waals surface area contributed by atoms with Crippen molar-refractivity contribution in [3.05, 3.63) is 82.4 Å². The van der Waals surface area contributed by atoms with E-state index in [0.717, 1.165) is 16.9 Å². The minimum atomic E-state index is -0.600. The molecule has 0 saturated heterocycles. The van der Waals surface area contributed by atoms with Crippen LogP contribution in [0, 0.1) is 0 Å². The van der Waals surface area contributed by atoms with Gasteiger partial charge in [0.1, 0.15) is 11.3 Å². The molecule has 0 bridgehead atoms. The molecule has 148 valence electrons. The van der Waals surface area contributed by atoms with Gasteiger partial charge in [-0.1, -0.05) is 30.3 Å². The highest BCUT2D eigenvalue weighted by molar-refractivity contribution is 6.04. The Hall–Kier alpha value is -4.40. The van der Waals surface area contributed by atoms with Crippen molar-refractivity contribution in [3.8, 4) is 17.1 Å². The van der Waals surface area contributed by atoms with Crippen LogP contribution in [0.15, 0.2) is 70.7 Å². The Labute approximate surface area is 170 Å². The molecule has 0 atom stereocenters. The third-order valence-corrected chi connectivity index (χ3v) is 4.27. The standard InChI is InChI=1S/C21H16N6O3/c1-30-15-9-7-13(8-10-15)11-23-26-21(29)18-16-12-22-19(14-5-3-2-4-6-14)24-17(16)20(28)27-25-18/h2-12H,1H3,(H,26,29)(H,27,28)/b23-11+. The summed E-state index contributed by atoms with van der Waals surface area (Å²) in [6.45, 7) is 0. The number of aromatic nitrogens is 4. The van der Waals surface area contributed by atoms with Crippen LogP contribution in [0.1, 0.15) is 16.1 Å². The van der Waals surface area contributed by atoms with Gasteiger partial charge in [-0.25, -0.2) is 20.5 Å². The van der Waals surface area contributed by atoms with E-state index in [2.05, 4.69) is 30.7 Å². The average molecular weight is 400 g/mol. The zero-order valence-corrected chi connectivity index (χ0v) is 15.9. The van der Waals surface area contributed by atoms with Crippen LogP contribution in [0.5, 0.6) is 5.75 Å². The van der Waals surface area contributed by atoms with Gasteiger partial charge in [-0.15, -0.1) is 0 Å². The van der Waals surface area contributed by atoms with Gasteiger partial charge >= 0.3 is 0 Å². The summed E-state index contributed by atoms with van der Waals surface area (Å²) in [5.41, 5.74) is 3.45. The third kappa shape index (κ3) is 3.90. The number of amides is 1. The van der Waals surface area contributed by atoms with E-state index in [1.54, 1.807) is 31.4 Å². The number of aromatic amines is 1. The van der Waals surface area contributed by atoms with E-state index in [1.165, 1.54) is 12.4 Å². The quantitative estimate of drug-likeness (QED) is 0.391. The maximum atomic E-state index is 12.5. The predicted octanol–water partition coefficient (Wildman–Crippen LogP) is 2.15. The number of ether oxygens (including phenoxy) is 1. The predicted molar refractivity (Wildman–Crippen MR) is 111 cm³/mol. The Morgan fingerprint density at radius 2 is 1.90 bits per heavy atom. The number of benzene rings is 2. The minimum absolute atomic E-state index is 0.0314. The highest BCUT2D eigenvalue weighted by atomic mass is 16.5. The molecular formula is C21H16N6O3. The van der Waals surface area contributed by atoms with E-state index in [9.17, 15) is 9.59 Å². The van der Waals surface area contributed by atoms with E-state index < -0.39 is 11.5 Å². The average Bonchev–Trinajstić information content (AvgIpc) is 2.80. The fraction of sp³-hybridized carbons (Fsp3) is 0.0476. The highest BCUT2D eigenvalue weighted by Crippen LogP contribution is 2.17. The molecule has 0 radical (unpaired) electrons. The van der Waals surface area contributed by atoms with E-state index in [0.29, 0.717) is 5.82 Å². The summed E-state index contributed by atoms with van der Waals surface area (Å²) in [6.07, 6.45) is 2.89. The second-order valence-corrected chi connectivity index (χ2v) is 6.20. The van der Waals surface area contributed by atoms with Crippen molar-refractivity contribution >= 4 is 23.0 Å². The zero-order chi connectivity index (χ0) is 20.9. The van der Waals surface area contributed by atoms with E-state index in [1.807, 2.05) is 30.3 Å². The number of H-pyrrole nitrogens is 1. The molecule has 0 saturated carbocycles. The number of hydrogen-bond donors (Lipinski definition) is 2. The minimum Gasteiger partial charge on any atom is -0.497 e. The number of rotatable bonds is 5. The van der Waals surface area contributed by atoms with Crippen LogP contribution >= 0.6 is 0 Å². The van der Waals surface area contributed by atoms with Gasteiger partial charge in [0.25, 0.3) is 11.5 Å². The number of nitrogens with zero attached hydrogens (tertiary/aromatic N) is 4. The molecule has 0 fully saturated rings. The number of carbonyl (C=O) groups excluding carboxylic acids is 1. The summed E-state index contributed by atoms with van der Waals surface area (Å²) in [4.78, 5) is 33.3. The third-order valence-electron chi connectivity index (χ3n) is 4.27. The SMILES string of the molecule is COc1ccc(/C=N/NC(=O)c2n[nH]c(=O)c3nc(-c4ccccc4)ncc23)cc1. The lowest BCUT2D eigenvalue weighted by molar-refractivity contribution is 0.0951. The maximum Gasteiger partial charge on any atom is 0.292 e. The normalized spacial score (nSPS) is 11.0. The molecule has 30 heavy (non-hydrogen) atoms. The first-order chi connectivity index (χ1) is 14.7. The summed E-state index contributed by atoms with van der Waals surface area (Å²) in [7, 11) is 1.58. The van der Waals surface area contributed by atoms with Gasteiger partial charge in [-0.2, -0.15) is 10.2 Å². The highest BCUT2D eigenvalue weighted by Gasteiger charge is 2.16. The van der Waals surface area contributed by atoms with Crippen molar-refractivity contribution in [1.82, 2.24) is 25.6 Å². The Balaban J connectivity index is 1.60. The Morgan fingerprint density at radius 3 is 2.63 bits per heavy atom. The van der Waals surface area contributed by atoms with Gasteiger partial charge in [0.05, 0.1) is 18.7 Å². The zero-order valence-electron chi connectivity index (χ0n) is 15.9. The molecule has 0 aliphatic heterocycles. The van der Waals surface area contributed by atoms with Crippen molar-refractivity contribution in [2.75, 3.05) is 7.11 Å². The summed E-state index contributed by atoms with van der Waals surface area (Å²) < 4.78 is 5.09. The number of carbonyl (C=O) groups is 1. The van der Waals surface area contributed by atoms with Crippen LogP contribution in [0.2, 0.25) is 0 Å². The van der Waals surface area contributed by atoms with Crippen molar-refractivity contribution in [2.24, 2.45) is 5.10 Å². The first-order valence-electron chi connectivity index (χ1n) is 8.94. The van der Waals surface area contributed by atoms with E-state index in [4.69, 9.17) is 4.74 Å². The smallest absolute Gasteiger partial charge is 0.292 e. The first-order valence-corrected chi connectivity index (χ1v) is 8.94.